The third kappa shape index (κ3) is 2.69. The van der Waals surface area contributed by atoms with E-state index in [4.69, 9.17) is 20.9 Å². The largest absolute Gasteiger partial charge is 0.398 e. The summed E-state index contributed by atoms with van der Waals surface area (Å²) in [6, 6.07) is 1.67. The highest BCUT2D eigenvalue weighted by atomic mass is 16.6. The van der Waals surface area contributed by atoms with Gasteiger partial charge in [0.15, 0.2) is 0 Å². The molecule has 0 saturated carbocycles. The fourth-order valence-corrected chi connectivity index (χ4v) is 1.75. The third-order valence-corrected chi connectivity index (χ3v) is 2.72. The Hall–Kier alpha value is -1.17. The van der Waals surface area contributed by atoms with Gasteiger partial charge in [0, 0.05) is 24.1 Å². The van der Waals surface area contributed by atoms with Crippen LogP contribution in [0.4, 0.5) is 5.69 Å². The first-order valence-corrected chi connectivity index (χ1v) is 5.40. The number of nitrogen functional groups attached to an aromatic ring is 1. The summed E-state index contributed by atoms with van der Waals surface area (Å²) in [6.07, 6.45) is 4.03. The molecule has 2 heterocycles. The molecule has 1 fully saturated rings. The van der Waals surface area contributed by atoms with Crippen molar-refractivity contribution in [3.05, 3.63) is 24.0 Å². The Morgan fingerprint density at radius 1 is 1.50 bits per heavy atom. The molecule has 16 heavy (non-hydrogen) atoms. The van der Waals surface area contributed by atoms with E-state index in [1.54, 1.807) is 18.5 Å². The van der Waals surface area contributed by atoms with E-state index in [1.165, 1.54) is 0 Å². The molecule has 0 radical (unpaired) electrons. The molecule has 0 bridgehead atoms. The lowest BCUT2D eigenvalue weighted by molar-refractivity contribution is -0.0967. The molecule has 0 spiro atoms. The number of aromatic nitrogens is 1. The van der Waals surface area contributed by atoms with Crippen molar-refractivity contribution in [3.8, 4) is 0 Å². The first-order chi connectivity index (χ1) is 7.77. The summed E-state index contributed by atoms with van der Waals surface area (Å²) in [4.78, 5) is 4.04. The summed E-state index contributed by atoms with van der Waals surface area (Å²) in [5.41, 5.74) is 13.6. The number of hydrogen-bond acceptors (Lipinski definition) is 5. The van der Waals surface area contributed by atoms with Crippen LogP contribution in [0, 0.1) is 0 Å². The van der Waals surface area contributed by atoms with Gasteiger partial charge < -0.3 is 20.9 Å². The van der Waals surface area contributed by atoms with Gasteiger partial charge in [-0.3, -0.25) is 4.98 Å². The minimum atomic E-state index is -0.105. The fourth-order valence-electron chi connectivity index (χ4n) is 1.75. The molecular formula is C11H17N3O2. The maximum Gasteiger partial charge on any atom is 0.0963 e. The minimum Gasteiger partial charge on any atom is -0.398 e. The van der Waals surface area contributed by atoms with Crippen molar-refractivity contribution in [3.63, 3.8) is 0 Å². The molecule has 5 heteroatoms. The number of nitrogens with two attached hydrogens (primary N) is 2. The first-order valence-electron chi connectivity index (χ1n) is 5.40. The Labute approximate surface area is 94.7 Å². The van der Waals surface area contributed by atoms with Crippen LogP contribution in [0.2, 0.25) is 0 Å². The van der Waals surface area contributed by atoms with Gasteiger partial charge in [0.05, 0.1) is 25.9 Å². The summed E-state index contributed by atoms with van der Waals surface area (Å²) < 4.78 is 10.9. The van der Waals surface area contributed by atoms with Crippen molar-refractivity contribution < 1.29 is 9.47 Å². The second-order valence-corrected chi connectivity index (χ2v) is 3.93. The highest BCUT2D eigenvalue weighted by Crippen LogP contribution is 2.14. The molecule has 88 valence electrons. The van der Waals surface area contributed by atoms with E-state index < -0.39 is 0 Å². The fraction of sp³-hybridized carbons (Fsp3) is 0.545. The van der Waals surface area contributed by atoms with Gasteiger partial charge in [0.1, 0.15) is 0 Å². The topological polar surface area (TPSA) is 83.4 Å². The molecule has 2 atom stereocenters. The predicted octanol–water partition coefficient (Wildman–Crippen LogP) is -0.0510. The highest BCUT2D eigenvalue weighted by molar-refractivity contribution is 5.44. The van der Waals surface area contributed by atoms with Crippen LogP contribution in [0.1, 0.15) is 5.56 Å². The van der Waals surface area contributed by atoms with E-state index in [1.807, 2.05) is 0 Å². The first kappa shape index (κ1) is 11.3. The third-order valence-electron chi connectivity index (χ3n) is 2.72. The number of rotatable bonds is 3. The maximum atomic E-state index is 6.06. The SMILES string of the molecule is Nc1ccncc1CC(N)C1COCCO1. The lowest BCUT2D eigenvalue weighted by Gasteiger charge is -2.28. The number of nitrogens with zero attached hydrogens (tertiary/aromatic N) is 1. The standard InChI is InChI=1S/C11H17N3O2/c12-9-1-2-14-6-8(9)5-10(13)11-7-15-3-4-16-11/h1-2,6,10-11H,3-5,7,13H2,(H2,12,14). The summed E-state index contributed by atoms with van der Waals surface area (Å²) in [7, 11) is 0. The van der Waals surface area contributed by atoms with Crippen LogP contribution in [0.3, 0.4) is 0 Å². The van der Waals surface area contributed by atoms with E-state index in [2.05, 4.69) is 4.98 Å². The zero-order chi connectivity index (χ0) is 11.4. The molecular weight excluding hydrogens is 206 g/mol. The Morgan fingerprint density at radius 3 is 3.06 bits per heavy atom. The van der Waals surface area contributed by atoms with Crippen LogP contribution in [0.25, 0.3) is 0 Å². The number of hydrogen-bond donors (Lipinski definition) is 2. The second kappa shape index (κ2) is 5.25. The zero-order valence-electron chi connectivity index (χ0n) is 9.13. The van der Waals surface area contributed by atoms with Gasteiger partial charge in [-0.15, -0.1) is 0 Å². The van der Waals surface area contributed by atoms with Crippen molar-refractivity contribution >= 4 is 5.69 Å². The summed E-state index contributed by atoms with van der Waals surface area (Å²) in [5.74, 6) is 0. The molecule has 5 nitrogen and oxygen atoms in total. The molecule has 1 aliphatic heterocycles. The molecule has 1 aromatic rings. The van der Waals surface area contributed by atoms with E-state index >= 15 is 0 Å². The van der Waals surface area contributed by atoms with Crippen LogP contribution >= 0.6 is 0 Å². The Bertz CT molecular complexity index is 340. The van der Waals surface area contributed by atoms with Crippen LogP contribution in [0.15, 0.2) is 18.5 Å². The van der Waals surface area contributed by atoms with Gasteiger partial charge >= 0.3 is 0 Å². The molecule has 0 aliphatic carbocycles. The lowest BCUT2D eigenvalue weighted by Crippen LogP contribution is -2.44. The van der Waals surface area contributed by atoms with Gasteiger partial charge in [-0.05, 0) is 18.1 Å². The summed E-state index contributed by atoms with van der Waals surface area (Å²) >= 11 is 0. The molecule has 1 aromatic heterocycles. The van der Waals surface area contributed by atoms with E-state index in [0.29, 0.717) is 26.2 Å². The van der Waals surface area contributed by atoms with E-state index in [9.17, 15) is 0 Å². The van der Waals surface area contributed by atoms with Gasteiger partial charge in [-0.2, -0.15) is 0 Å². The average molecular weight is 223 g/mol. The predicted molar refractivity (Wildman–Crippen MR) is 60.9 cm³/mol. The zero-order valence-corrected chi connectivity index (χ0v) is 9.13. The molecule has 2 rings (SSSR count). The normalized spacial score (nSPS) is 22.9. The quantitative estimate of drug-likeness (QED) is 0.750. The highest BCUT2D eigenvalue weighted by Gasteiger charge is 2.22. The lowest BCUT2D eigenvalue weighted by atomic mass is 10.0. The molecule has 1 saturated heterocycles. The van der Waals surface area contributed by atoms with E-state index in [-0.39, 0.29) is 12.1 Å². The number of anilines is 1. The van der Waals surface area contributed by atoms with Crippen LogP contribution in [0.5, 0.6) is 0 Å². The maximum absolute atomic E-state index is 6.06. The summed E-state index contributed by atoms with van der Waals surface area (Å²) in [6.45, 7) is 1.82. The molecule has 0 aromatic carbocycles. The van der Waals surface area contributed by atoms with E-state index in [0.717, 1.165) is 11.3 Å². The Kier molecular flexibility index (Phi) is 3.71. The van der Waals surface area contributed by atoms with Gasteiger partial charge in [-0.1, -0.05) is 0 Å². The average Bonchev–Trinajstić information content (AvgIpc) is 2.33. The molecule has 4 N–H and O–H groups in total. The number of pyridine rings is 1. The Morgan fingerprint density at radius 2 is 2.38 bits per heavy atom. The van der Waals surface area contributed by atoms with Crippen molar-refractivity contribution in [1.29, 1.82) is 0 Å². The van der Waals surface area contributed by atoms with Crippen molar-refractivity contribution in [2.45, 2.75) is 18.6 Å². The van der Waals surface area contributed by atoms with Gasteiger partial charge in [0.25, 0.3) is 0 Å². The van der Waals surface area contributed by atoms with Crippen molar-refractivity contribution in [2.24, 2.45) is 5.73 Å². The summed E-state index contributed by atoms with van der Waals surface area (Å²) in [5, 5.41) is 0. The monoisotopic (exact) mass is 223 g/mol. The van der Waals surface area contributed by atoms with Gasteiger partial charge in [-0.25, -0.2) is 0 Å². The second-order valence-electron chi connectivity index (χ2n) is 3.93. The van der Waals surface area contributed by atoms with Crippen LogP contribution < -0.4 is 11.5 Å². The van der Waals surface area contributed by atoms with Crippen LogP contribution in [-0.4, -0.2) is 37.0 Å². The van der Waals surface area contributed by atoms with Crippen molar-refractivity contribution in [2.75, 3.05) is 25.6 Å². The van der Waals surface area contributed by atoms with Crippen LogP contribution in [-0.2, 0) is 15.9 Å². The Balaban J connectivity index is 1.96. The molecule has 0 amide bonds. The molecule has 2 unspecified atom stereocenters. The number of ether oxygens (including phenoxy) is 2. The van der Waals surface area contributed by atoms with Crippen molar-refractivity contribution in [1.82, 2.24) is 4.98 Å². The minimum absolute atomic E-state index is 0.0478. The van der Waals surface area contributed by atoms with Gasteiger partial charge in [0.2, 0.25) is 0 Å². The smallest absolute Gasteiger partial charge is 0.0963 e. The molecule has 1 aliphatic rings.